The SMILES string of the molecule is Cc1ccc(N2CC[C@@H](C(=O)N(CCC(=O)O)C3CCOCC3)C2=O)cc1C. The first-order chi connectivity index (χ1) is 13.4. The molecule has 1 N–H and O–H groups in total. The molecule has 1 aromatic carbocycles. The highest BCUT2D eigenvalue weighted by Gasteiger charge is 2.41. The van der Waals surface area contributed by atoms with Gasteiger partial charge >= 0.3 is 5.97 Å². The van der Waals surface area contributed by atoms with Gasteiger partial charge in [-0.1, -0.05) is 6.07 Å². The summed E-state index contributed by atoms with van der Waals surface area (Å²) in [6.45, 7) is 5.75. The molecule has 0 aliphatic carbocycles. The summed E-state index contributed by atoms with van der Waals surface area (Å²) in [5.74, 6) is -2.12. The van der Waals surface area contributed by atoms with Crippen molar-refractivity contribution in [2.24, 2.45) is 5.92 Å². The molecule has 2 heterocycles. The van der Waals surface area contributed by atoms with E-state index >= 15 is 0 Å². The number of ether oxygens (including phenoxy) is 1. The minimum Gasteiger partial charge on any atom is -0.481 e. The lowest BCUT2D eigenvalue weighted by Crippen LogP contribution is -2.48. The van der Waals surface area contributed by atoms with Crippen molar-refractivity contribution >= 4 is 23.5 Å². The zero-order valence-electron chi connectivity index (χ0n) is 16.5. The molecule has 2 aliphatic heterocycles. The number of hydrogen-bond acceptors (Lipinski definition) is 4. The van der Waals surface area contributed by atoms with Crippen molar-refractivity contribution in [3.8, 4) is 0 Å². The summed E-state index contributed by atoms with van der Waals surface area (Å²) in [6, 6.07) is 5.80. The van der Waals surface area contributed by atoms with Crippen molar-refractivity contribution in [2.45, 2.75) is 45.6 Å². The molecule has 7 heteroatoms. The molecule has 1 atom stereocenters. The van der Waals surface area contributed by atoms with Crippen LogP contribution in [0, 0.1) is 19.8 Å². The molecule has 152 valence electrons. The molecule has 2 aliphatic rings. The highest BCUT2D eigenvalue weighted by molar-refractivity contribution is 6.09. The van der Waals surface area contributed by atoms with Gasteiger partial charge in [-0.15, -0.1) is 0 Å². The van der Waals surface area contributed by atoms with Gasteiger partial charge in [0.05, 0.1) is 6.42 Å². The Bertz CT molecular complexity index is 757. The smallest absolute Gasteiger partial charge is 0.305 e. The fourth-order valence-corrected chi connectivity index (χ4v) is 3.94. The van der Waals surface area contributed by atoms with Gasteiger partial charge in [0, 0.05) is 38.0 Å². The summed E-state index contributed by atoms with van der Waals surface area (Å²) in [4.78, 5) is 40.6. The zero-order chi connectivity index (χ0) is 20.3. The van der Waals surface area contributed by atoms with E-state index in [0.717, 1.165) is 16.8 Å². The van der Waals surface area contributed by atoms with Crippen LogP contribution >= 0.6 is 0 Å². The molecule has 3 rings (SSSR count). The van der Waals surface area contributed by atoms with E-state index < -0.39 is 11.9 Å². The number of amides is 2. The van der Waals surface area contributed by atoms with Crippen LogP contribution in [0.25, 0.3) is 0 Å². The number of hydrogen-bond donors (Lipinski definition) is 1. The highest BCUT2D eigenvalue weighted by Crippen LogP contribution is 2.29. The van der Waals surface area contributed by atoms with Crippen LogP contribution in [0.1, 0.15) is 36.8 Å². The lowest BCUT2D eigenvalue weighted by atomic mass is 10.0. The third-order valence-electron chi connectivity index (χ3n) is 5.79. The maximum atomic E-state index is 13.2. The number of carboxylic acid groups (broad SMARTS) is 1. The van der Waals surface area contributed by atoms with Crippen LogP contribution in [0.3, 0.4) is 0 Å². The molecule has 1 aromatic rings. The van der Waals surface area contributed by atoms with Crippen LogP contribution in [0.5, 0.6) is 0 Å². The average Bonchev–Trinajstić information content (AvgIpc) is 3.06. The second-order valence-corrected chi connectivity index (χ2v) is 7.62. The maximum Gasteiger partial charge on any atom is 0.305 e. The molecular formula is C21H28N2O5. The van der Waals surface area contributed by atoms with Crippen LogP contribution in [0.15, 0.2) is 18.2 Å². The Balaban J connectivity index is 1.75. The van der Waals surface area contributed by atoms with E-state index in [2.05, 4.69) is 0 Å². The van der Waals surface area contributed by atoms with E-state index in [1.165, 1.54) is 0 Å². The number of carbonyl (C=O) groups excluding carboxylic acids is 2. The Morgan fingerprint density at radius 2 is 1.89 bits per heavy atom. The van der Waals surface area contributed by atoms with E-state index in [1.807, 2.05) is 32.0 Å². The van der Waals surface area contributed by atoms with Gasteiger partial charge in [-0.25, -0.2) is 0 Å². The fraction of sp³-hybridized carbons (Fsp3) is 0.571. The Labute approximate surface area is 165 Å². The van der Waals surface area contributed by atoms with Crippen LogP contribution in [0.4, 0.5) is 5.69 Å². The van der Waals surface area contributed by atoms with Crippen molar-refractivity contribution in [1.82, 2.24) is 4.90 Å². The summed E-state index contributed by atoms with van der Waals surface area (Å²) in [5.41, 5.74) is 3.07. The third-order valence-corrected chi connectivity index (χ3v) is 5.79. The number of rotatable bonds is 6. The quantitative estimate of drug-likeness (QED) is 0.755. The largest absolute Gasteiger partial charge is 0.481 e. The van der Waals surface area contributed by atoms with Gasteiger partial charge in [0.15, 0.2) is 0 Å². The average molecular weight is 388 g/mol. The number of carbonyl (C=O) groups is 3. The van der Waals surface area contributed by atoms with Crippen LogP contribution in [-0.4, -0.2) is 60.1 Å². The summed E-state index contributed by atoms with van der Waals surface area (Å²) in [6.07, 6.45) is 1.68. The van der Waals surface area contributed by atoms with E-state index in [4.69, 9.17) is 9.84 Å². The van der Waals surface area contributed by atoms with Crippen LogP contribution in [0.2, 0.25) is 0 Å². The molecule has 0 saturated carbocycles. The lowest BCUT2D eigenvalue weighted by Gasteiger charge is -2.35. The van der Waals surface area contributed by atoms with E-state index in [0.29, 0.717) is 39.0 Å². The first-order valence-corrected chi connectivity index (χ1v) is 9.87. The molecule has 0 bridgehead atoms. The number of nitrogens with zero attached hydrogens (tertiary/aromatic N) is 2. The standard InChI is InChI=1S/C21H28N2O5/c1-14-3-4-17(13-15(14)2)23-9-5-18(21(23)27)20(26)22(10-6-19(24)25)16-7-11-28-12-8-16/h3-4,13,16,18H,5-12H2,1-2H3,(H,24,25)/t18-/m0/s1. The van der Waals surface area contributed by atoms with Crippen molar-refractivity contribution in [2.75, 3.05) is 31.2 Å². The molecule has 0 radical (unpaired) electrons. The number of carboxylic acids is 1. The number of anilines is 1. The molecule has 0 aromatic heterocycles. The van der Waals surface area contributed by atoms with Gasteiger partial charge in [0.25, 0.3) is 0 Å². The lowest BCUT2D eigenvalue weighted by molar-refractivity contribution is -0.144. The minimum atomic E-state index is -0.945. The summed E-state index contributed by atoms with van der Waals surface area (Å²) >= 11 is 0. The second kappa shape index (κ2) is 8.73. The van der Waals surface area contributed by atoms with Gasteiger partial charge in [0.2, 0.25) is 11.8 Å². The van der Waals surface area contributed by atoms with Gasteiger partial charge in [-0.05, 0) is 56.4 Å². The molecule has 7 nitrogen and oxygen atoms in total. The number of aliphatic carboxylic acids is 1. The van der Waals surface area contributed by atoms with Gasteiger partial charge in [-0.3, -0.25) is 14.4 Å². The molecule has 0 unspecified atom stereocenters. The Morgan fingerprint density at radius 3 is 2.54 bits per heavy atom. The number of aryl methyl sites for hydroxylation is 2. The summed E-state index contributed by atoms with van der Waals surface area (Å²) in [7, 11) is 0. The first-order valence-electron chi connectivity index (χ1n) is 9.87. The predicted octanol–water partition coefficient (Wildman–Crippen LogP) is 2.14. The Morgan fingerprint density at radius 1 is 1.18 bits per heavy atom. The molecule has 2 saturated heterocycles. The van der Waals surface area contributed by atoms with Crippen LogP contribution in [-0.2, 0) is 19.1 Å². The van der Waals surface area contributed by atoms with Crippen molar-refractivity contribution in [3.63, 3.8) is 0 Å². The predicted molar refractivity (Wildman–Crippen MR) is 104 cm³/mol. The van der Waals surface area contributed by atoms with Gasteiger partial charge in [-0.2, -0.15) is 0 Å². The molecule has 28 heavy (non-hydrogen) atoms. The topological polar surface area (TPSA) is 87.2 Å². The highest BCUT2D eigenvalue weighted by atomic mass is 16.5. The van der Waals surface area contributed by atoms with Crippen molar-refractivity contribution in [1.29, 1.82) is 0 Å². The third kappa shape index (κ3) is 4.35. The molecule has 0 spiro atoms. The van der Waals surface area contributed by atoms with Crippen LogP contribution < -0.4 is 4.90 Å². The Hall–Kier alpha value is -2.41. The minimum absolute atomic E-state index is 0.0657. The van der Waals surface area contributed by atoms with E-state index in [9.17, 15) is 14.4 Å². The second-order valence-electron chi connectivity index (χ2n) is 7.62. The molecule has 2 fully saturated rings. The maximum absolute atomic E-state index is 13.2. The first kappa shape index (κ1) is 20.3. The fourth-order valence-electron chi connectivity index (χ4n) is 3.94. The summed E-state index contributed by atoms with van der Waals surface area (Å²) in [5, 5.41) is 9.06. The van der Waals surface area contributed by atoms with E-state index in [-0.39, 0.29) is 30.8 Å². The van der Waals surface area contributed by atoms with Crippen molar-refractivity contribution < 1.29 is 24.2 Å². The normalized spacial score (nSPS) is 20.4. The summed E-state index contributed by atoms with van der Waals surface area (Å²) < 4.78 is 5.37. The number of benzene rings is 1. The molecule has 2 amide bonds. The van der Waals surface area contributed by atoms with Crippen molar-refractivity contribution in [3.05, 3.63) is 29.3 Å². The molecular weight excluding hydrogens is 360 g/mol. The van der Waals surface area contributed by atoms with Gasteiger partial charge < -0.3 is 19.6 Å². The van der Waals surface area contributed by atoms with E-state index in [1.54, 1.807) is 9.80 Å². The van der Waals surface area contributed by atoms with Gasteiger partial charge in [0.1, 0.15) is 5.92 Å². The zero-order valence-corrected chi connectivity index (χ0v) is 16.5. The monoisotopic (exact) mass is 388 g/mol. The Kier molecular flexibility index (Phi) is 6.34.